The number of benzene rings is 1. The van der Waals surface area contributed by atoms with Crippen LogP contribution < -0.4 is 11.1 Å². The quantitative estimate of drug-likeness (QED) is 0.827. The van der Waals surface area contributed by atoms with Gasteiger partial charge in [-0.2, -0.15) is 11.8 Å². The maximum atomic E-state index is 12.2. The Hall–Kier alpha value is -0.680. The molecule has 1 amide bonds. The summed E-state index contributed by atoms with van der Waals surface area (Å²) in [7, 11) is 0. The zero-order valence-electron chi connectivity index (χ0n) is 11.0. The van der Waals surface area contributed by atoms with E-state index in [2.05, 4.69) is 27.5 Å². The van der Waals surface area contributed by atoms with Crippen LogP contribution in [0.3, 0.4) is 0 Å². The van der Waals surface area contributed by atoms with Crippen molar-refractivity contribution in [3.63, 3.8) is 0 Å². The Morgan fingerprint density at radius 3 is 2.84 bits per heavy atom. The summed E-state index contributed by atoms with van der Waals surface area (Å²) in [4.78, 5) is 12.2. The number of hydrogen-bond acceptors (Lipinski definition) is 3. The summed E-state index contributed by atoms with van der Waals surface area (Å²) in [6.07, 6.45) is 6.85. The van der Waals surface area contributed by atoms with Crippen molar-refractivity contribution in [1.82, 2.24) is 5.32 Å². The average Bonchev–Trinajstić information content (AvgIpc) is 2.42. The van der Waals surface area contributed by atoms with Crippen LogP contribution in [0.4, 0.5) is 5.69 Å². The van der Waals surface area contributed by atoms with Gasteiger partial charge < -0.3 is 11.1 Å². The van der Waals surface area contributed by atoms with E-state index in [4.69, 9.17) is 5.73 Å². The fourth-order valence-corrected chi connectivity index (χ4v) is 3.66. The minimum absolute atomic E-state index is 0.0230. The van der Waals surface area contributed by atoms with Crippen LogP contribution in [0.5, 0.6) is 0 Å². The summed E-state index contributed by atoms with van der Waals surface area (Å²) < 4.78 is 0.823. The van der Waals surface area contributed by atoms with E-state index in [0.717, 1.165) is 10.9 Å². The van der Waals surface area contributed by atoms with Crippen LogP contribution in [0.1, 0.15) is 36.0 Å². The number of nitrogens with one attached hydrogen (secondary N) is 1. The average molecular weight is 343 g/mol. The third kappa shape index (κ3) is 3.66. The molecule has 1 aliphatic rings. The Balaban J connectivity index is 2.05. The summed E-state index contributed by atoms with van der Waals surface area (Å²) in [5, 5.41) is 3.69. The Labute approximate surface area is 126 Å². The van der Waals surface area contributed by atoms with E-state index in [0.29, 0.717) is 16.5 Å². The number of nitrogens with two attached hydrogens (primary N) is 1. The lowest BCUT2D eigenvalue weighted by Crippen LogP contribution is -2.43. The molecule has 19 heavy (non-hydrogen) atoms. The van der Waals surface area contributed by atoms with E-state index >= 15 is 0 Å². The highest BCUT2D eigenvalue weighted by molar-refractivity contribution is 9.10. The van der Waals surface area contributed by atoms with E-state index in [1.165, 1.54) is 19.3 Å². The largest absolute Gasteiger partial charge is 0.398 e. The van der Waals surface area contributed by atoms with E-state index < -0.39 is 0 Å². The molecule has 0 radical (unpaired) electrons. The second-order valence-corrected chi connectivity index (χ2v) is 6.81. The normalized spacial score (nSPS) is 23.1. The van der Waals surface area contributed by atoms with Crippen LogP contribution >= 0.6 is 27.7 Å². The van der Waals surface area contributed by atoms with Crippen LogP contribution in [0.15, 0.2) is 22.7 Å². The molecule has 0 aliphatic heterocycles. The molecule has 0 aromatic heterocycles. The molecule has 2 atom stereocenters. The highest BCUT2D eigenvalue weighted by Crippen LogP contribution is 2.27. The van der Waals surface area contributed by atoms with Gasteiger partial charge in [-0.25, -0.2) is 0 Å². The monoisotopic (exact) mass is 342 g/mol. The molecule has 3 N–H and O–H groups in total. The van der Waals surface area contributed by atoms with Crippen molar-refractivity contribution in [2.24, 2.45) is 0 Å². The van der Waals surface area contributed by atoms with Crippen molar-refractivity contribution in [1.29, 1.82) is 0 Å². The van der Waals surface area contributed by atoms with Gasteiger partial charge in [0, 0.05) is 27.0 Å². The first-order chi connectivity index (χ1) is 9.11. The van der Waals surface area contributed by atoms with Crippen LogP contribution in [0.25, 0.3) is 0 Å². The molecular formula is C14H19BrN2OS. The van der Waals surface area contributed by atoms with Gasteiger partial charge in [0.15, 0.2) is 0 Å². The van der Waals surface area contributed by atoms with E-state index in [9.17, 15) is 4.79 Å². The number of carbonyl (C=O) groups is 1. The minimum atomic E-state index is -0.0230. The first kappa shape index (κ1) is 14.7. The number of anilines is 1. The molecule has 0 spiro atoms. The molecule has 1 saturated carbocycles. The molecular weight excluding hydrogens is 324 g/mol. The van der Waals surface area contributed by atoms with Crippen LogP contribution in [-0.4, -0.2) is 23.5 Å². The Bertz CT molecular complexity index is 467. The van der Waals surface area contributed by atoms with Crippen molar-refractivity contribution < 1.29 is 4.79 Å². The molecule has 5 heteroatoms. The molecule has 1 aliphatic carbocycles. The van der Waals surface area contributed by atoms with E-state index in [-0.39, 0.29) is 11.9 Å². The molecule has 1 aromatic carbocycles. The van der Waals surface area contributed by atoms with Crippen molar-refractivity contribution in [3.8, 4) is 0 Å². The summed E-state index contributed by atoms with van der Waals surface area (Å²) in [5.41, 5.74) is 7.04. The topological polar surface area (TPSA) is 55.1 Å². The van der Waals surface area contributed by atoms with E-state index in [1.807, 2.05) is 17.8 Å². The van der Waals surface area contributed by atoms with Gasteiger partial charge in [-0.3, -0.25) is 4.79 Å². The highest BCUT2D eigenvalue weighted by atomic mass is 79.9. The molecule has 0 heterocycles. The molecule has 1 aromatic rings. The predicted octanol–water partition coefficient (Wildman–Crippen LogP) is 3.44. The van der Waals surface area contributed by atoms with Gasteiger partial charge in [0.05, 0.1) is 0 Å². The number of carbonyl (C=O) groups excluding carboxylic acids is 1. The number of rotatable bonds is 3. The predicted molar refractivity (Wildman–Crippen MR) is 85.6 cm³/mol. The van der Waals surface area contributed by atoms with Gasteiger partial charge in [-0.15, -0.1) is 0 Å². The van der Waals surface area contributed by atoms with Gasteiger partial charge in [0.2, 0.25) is 0 Å². The second kappa shape index (κ2) is 6.66. The van der Waals surface area contributed by atoms with E-state index in [1.54, 1.807) is 12.1 Å². The zero-order chi connectivity index (χ0) is 13.8. The lowest BCUT2D eigenvalue weighted by Gasteiger charge is -2.31. The number of nitrogen functional groups attached to an aromatic ring is 1. The molecule has 2 unspecified atom stereocenters. The fraction of sp³-hybridized carbons (Fsp3) is 0.500. The van der Waals surface area contributed by atoms with Gasteiger partial charge in [0.1, 0.15) is 0 Å². The lowest BCUT2D eigenvalue weighted by molar-refractivity contribution is 0.0929. The van der Waals surface area contributed by atoms with Gasteiger partial charge in [-0.1, -0.05) is 12.8 Å². The Morgan fingerprint density at radius 1 is 1.42 bits per heavy atom. The Morgan fingerprint density at radius 2 is 2.16 bits per heavy atom. The first-order valence-corrected chi connectivity index (χ1v) is 8.58. The van der Waals surface area contributed by atoms with Crippen molar-refractivity contribution >= 4 is 39.3 Å². The molecule has 1 fully saturated rings. The Kier molecular flexibility index (Phi) is 5.16. The molecule has 0 bridgehead atoms. The van der Waals surface area contributed by atoms with Gasteiger partial charge in [0.25, 0.3) is 5.91 Å². The highest BCUT2D eigenvalue weighted by Gasteiger charge is 2.26. The summed E-state index contributed by atoms with van der Waals surface area (Å²) in [6, 6.07) is 5.61. The number of hydrogen-bond donors (Lipinski definition) is 2. The molecule has 2 rings (SSSR count). The van der Waals surface area contributed by atoms with Gasteiger partial charge in [-0.05, 0) is 53.2 Å². The first-order valence-electron chi connectivity index (χ1n) is 6.50. The zero-order valence-corrected chi connectivity index (χ0v) is 13.4. The van der Waals surface area contributed by atoms with Crippen LogP contribution in [0, 0.1) is 0 Å². The molecule has 3 nitrogen and oxygen atoms in total. The minimum Gasteiger partial charge on any atom is -0.398 e. The second-order valence-electron chi connectivity index (χ2n) is 4.87. The maximum Gasteiger partial charge on any atom is 0.251 e. The third-order valence-electron chi connectivity index (χ3n) is 3.58. The van der Waals surface area contributed by atoms with Crippen molar-refractivity contribution in [2.75, 3.05) is 12.0 Å². The molecule has 0 saturated heterocycles. The SMILES string of the molecule is CSC1CCCCC1NC(=O)c1ccc(Br)c(N)c1. The van der Waals surface area contributed by atoms with Crippen LogP contribution in [0.2, 0.25) is 0 Å². The fourth-order valence-electron chi connectivity index (χ4n) is 2.48. The number of amides is 1. The maximum absolute atomic E-state index is 12.2. The van der Waals surface area contributed by atoms with Gasteiger partial charge >= 0.3 is 0 Å². The lowest BCUT2D eigenvalue weighted by atomic mass is 9.94. The third-order valence-corrected chi connectivity index (χ3v) is 5.47. The smallest absolute Gasteiger partial charge is 0.251 e. The number of thioether (sulfide) groups is 1. The van der Waals surface area contributed by atoms with Crippen molar-refractivity contribution in [2.45, 2.75) is 37.0 Å². The summed E-state index contributed by atoms with van der Waals surface area (Å²) in [5.74, 6) is -0.0230. The van der Waals surface area contributed by atoms with Crippen molar-refractivity contribution in [3.05, 3.63) is 28.2 Å². The standard InChI is InChI=1S/C14H19BrN2OS/c1-19-13-5-3-2-4-12(13)17-14(18)9-6-7-10(15)11(16)8-9/h6-8,12-13H,2-5,16H2,1H3,(H,17,18). The molecule has 104 valence electrons. The summed E-state index contributed by atoms with van der Waals surface area (Å²) in [6.45, 7) is 0. The summed E-state index contributed by atoms with van der Waals surface area (Å²) >= 11 is 5.19. The number of halogens is 1. The van der Waals surface area contributed by atoms with Crippen LogP contribution in [-0.2, 0) is 0 Å².